The van der Waals surface area contributed by atoms with Crippen LogP contribution in [0.4, 0.5) is 0 Å². The first-order valence-electron chi connectivity index (χ1n) is 7.88. The van der Waals surface area contributed by atoms with Crippen molar-refractivity contribution in [1.29, 1.82) is 0 Å². The number of piperazine rings is 1. The minimum absolute atomic E-state index is 0.174. The zero-order valence-corrected chi connectivity index (χ0v) is 13.2. The summed E-state index contributed by atoms with van der Waals surface area (Å²) in [7, 11) is 0. The smallest absolute Gasteiger partial charge is 0.231 e. The summed E-state index contributed by atoms with van der Waals surface area (Å²) in [4.78, 5) is 17.1. The maximum Gasteiger partial charge on any atom is 0.231 e. The Morgan fingerprint density at radius 1 is 1.14 bits per heavy atom. The molecule has 21 heavy (non-hydrogen) atoms. The van der Waals surface area contributed by atoms with E-state index in [1.165, 1.54) is 0 Å². The lowest BCUT2D eigenvalue weighted by Gasteiger charge is -2.37. The molecule has 0 spiro atoms. The highest BCUT2D eigenvalue weighted by Crippen LogP contribution is 2.18. The van der Waals surface area contributed by atoms with Crippen molar-refractivity contribution in [3.63, 3.8) is 0 Å². The molecule has 4 heteroatoms. The molecule has 0 saturated carbocycles. The van der Waals surface area contributed by atoms with E-state index in [1.54, 1.807) is 0 Å². The summed E-state index contributed by atoms with van der Waals surface area (Å²) in [5.41, 5.74) is 6.87. The van der Waals surface area contributed by atoms with Gasteiger partial charge in [0.2, 0.25) is 5.91 Å². The summed E-state index contributed by atoms with van der Waals surface area (Å²) in [6, 6.07) is 9.87. The van der Waals surface area contributed by atoms with Crippen molar-refractivity contribution in [1.82, 2.24) is 9.80 Å². The highest BCUT2D eigenvalue weighted by atomic mass is 16.2. The summed E-state index contributed by atoms with van der Waals surface area (Å²) < 4.78 is 0. The molecule has 1 heterocycles. The molecule has 2 rings (SSSR count). The molecule has 2 N–H and O–H groups in total. The van der Waals surface area contributed by atoms with E-state index in [2.05, 4.69) is 18.7 Å². The molecule has 0 aromatic heterocycles. The summed E-state index contributed by atoms with van der Waals surface area (Å²) in [5, 5.41) is 0. The number of hydrogen-bond acceptors (Lipinski definition) is 3. The molecule has 1 unspecified atom stereocenters. The number of carbonyl (C=O) groups excluding carboxylic acids is 1. The minimum Gasteiger partial charge on any atom is -0.340 e. The number of amides is 1. The van der Waals surface area contributed by atoms with E-state index in [1.807, 2.05) is 35.2 Å². The van der Waals surface area contributed by atoms with Gasteiger partial charge in [0.25, 0.3) is 0 Å². The standard InChI is InChI=1S/C17H27N3O/c1-14(2)13-19-8-10-20(11-9-19)17(21)16(12-18)15-6-4-3-5-7-15/h3-7,14,16H,8-13,18H2,1-2H3. The third-order valence-corrected chi connectivity index (χ3v) is 4.04. The molecule has 1 fully saturated rings. The Balaban J connectivity index is 1.94. The van der Waals surface area contributed by atoms with Gasteiger partial charge in [-0.3, -0.25) is 9.69 Å². The SMILES string of the molecule is CC(C)CN1CCN(C(=O)C(CN)c2ccccc2)CC1. The molecule has 4 nitrogen and oxygen atoms in total. The molecule has 1 amide bonds. The Kier molecular flexibility index (Phi) is 5.76. The molecule has 1 aliphatic heterocycles. The Morgan fingerprint density at radius 3 is 2.29 bits per heavy atom. The van der Waals surface area contributed by atoms with Gasteiger partial charge in [0.15, 0.2) is 0 Å². The molecule has 1 aromatic carbocycles. The van der Waals surface area contributed by atoms with Crippen molar-refractivity contribution in [2.45, 2.75) is 19.8 Å². The van der Waals surface area contributed by atoms with E-state index in [0.717, 1.165) is 38.3 Å². The molecule has 1 atom stereocenters. The second-order valence-corrected chi connectivity index (χ2v) is 6.22. The van der Waals surface area contributed by atoms with Crippen LogP contribution in [-0.4, -0.2) is 55.0 Å². The Labute approximate surface area is 127 Å². The number of nitrogens with zero attached hydrogens (tertiary/aromatic N) is 2. The van der Waals surface area contributed by atoms with Crippen LogP contribution < -0.4 is 5.73 Å². The van der Waals surface area contributed by atoms with Crippen LogP contribution in [0.2, 0.25) is 0 Å². The second-order valence-electron chi connectivity index (χ2n) is 6.22. The monoisotopic (exact) mass is 289 g/mol. The highest BCUT2D eigenvalue weighted by molar-refractivity contribution is 5.84. The number of benzene rings is 1. The summed E-state index contributed by atoms with van der Waals surface area (Å²) >= 11 is 0. The lowest BCUT2D eigenvalue weighted by atomic mass is 9.97. The van der Waals surface area contributed by atoms with Crippen LogP contribution in [-0.2, 0) is 4.79 Å². The van der Waals surface area contributed by atoms with Crippen LogP contribution in [0.5, 0.6) is 0 Å². The fourth-order valence-electron chi connectivity index (χ4n) is 2.95. The lowest BCUT2D eigenvalue weighted by molar-refractivity contribution is -0.134. The van der Waals surface area contributed by atoms with Gasteiger partial charge in [0.05, 0.1) is 5.92 Å². The van der Waals surface area contributed by atoms with E-state index >= 15 is 0 Å². The number of hydrogen-bond donors (Lipinski definition) is 1. The lowest BCUT2D eigenvalue weighted by Crippen LogP contribution is -2.51. The van der Waals surface area contributed by atoms with Gasteiger partial charge >= 0.3 is 0 Å². The molecule has 0 radical (unpaired) electrons. The zero-order chi connectivity index (χ0) is 15.2. The van der Waals surface area contributed by atoms with Crippen LogP contribution in [0.25, 0.3) is 0 Å². The predicted octanol–water partition coefficient (Wildman–Crippen LogP) is 1.53. The van der Waals surface area contributed by atoms with E-state index in [-0.39, 0.29) is 11.8 Å². The normalized spacial score (nSPS) is 18.0. The first-order chi connectivity index (χ1) is 10.1. The van der Waals surface area contributed by atoms with Gasteiger partial charge in [-0.1, -0.05) is 44.2 Å². The first-order valence-corrected chi connectivity index (χ1v) is 7.88. The molecule has 0 bridgehead atoms. The van der Waals surface area contributed by atoms with Crippen molar-refractivity contribution in [2.75, 3.05) is 39.3 Å². The maximum atomic E-state index is 12.7. The molecular formula is C17H27N3O. The van der Waals surface area contributed by atoms with Gasteiger partial charge < -0.3 is 10.6 Å². The van der Waals surface area contributed by atoms with Gasteiger partial charge in [-0.25, -0.2) is 0 Å². The largest absolute Gasteiger partial charge is 0.340 e. The van der Waals surface area contributed by atoms with Crippen molar-refractivity contribution in [3.05, 3.63) is 35.9 Å². The summed E-state index contributed by atoms with van der Waals surface area (Å²) in [5.74, 6) is 0.643. The average Bonchev–Trinajstić information content (AvgIpc) is 2.49. The number of nitrogens with two attached hydrogens (primary N) is 1. The molecule has 1 saturated heterocycles. The topological polar surface area (TPSA) is 49.6 Å². The molecule has 1 aliphatic rings. The van der Waals surface area contributed by atoms with Crippen LogP contribution in [0, 0.1) is 5.92 Å². The summed E-state index contributed by atoms with van der Waals surface area (Å²) in [6.07, 6.45) is 0. The van der Waals surface area contributed by atoms with Crippen molar-refractivity contribution in [3.8, 4) is 0 Å². The van der Waals surface area contributed by atoms with Gasteiger partial charge in [-0.05, 0) is 11.5 Å². The van der Waals surface area contributed by atoms with E-state index in [0.29, 0.717) is 12.5 Å². The zero-order valence-electron chi connectivity index (χ0n) is 13.2. The predicted molar refractivity (Wildman–Crippen MR) is 86.1 cm³/mol. The summed E-state index contributed by atoms with van der Waals surface area (Å²) in [6.45, 7) is 9.51. The molecule has 116 valence electrons. The fourth-order valence-corrected chi connectivity index (χ4v) is 2.95. The van der Waals surface area contributed by atoms with Gasteiger partial charge in [0, 0.05) is 39.3 Å². The Morgan fingerprint density at radius 2 is 1.76 bits per heavy atom. The van der Waals surface area contributed by atoms with Crippen LogP contribution in [0.3, 0.4) is 0 Å². The van der Waals surface area contributed by atoms with E-state index < -0.39 is 0 Å². The second kappa shape index (κ2) is 7.57. The molecule has 1 aromatic rings. The first kappa shape index (κ1) is 16.0. The van der Waals surface area contributed by atoms with Crippen molar-refractivity contribution < 1.29 is 4.79 Å². The number of rotatable bonds is 5. The van der Waals surface area contributed by atoms with Crippen LogP contribution in [0.1, 0.15) is 25.3 Å². The quantitative estimate of drug-likeness (QED) is 0.894. The minimum atomic E-state index is -0.206. The maximum absolute atomic E-state index is 12.7. The van der Waals surface area contributed by atoms with Crippen molar-refractivity contribution in [2.24, 2.45) is 11.7 Å². The third-order valence-electron chi connectivity index (χ3n) is 4.04. The van der Waals surface area contributed by atoms with Crippen LogP contribution in [0.15, 0.2) is 30.3 Å². The van der Waals surface area contributed by atoms with Crippen molar-refractivity contribution >= 4 is 5.91 Å². The van der Waals surface area contributed by atoms with E-state index in [9.17, 15) is 4.79 Å². The van der Waals surface area contributed by atoms with Gasteiger partial charge in [-0.15, -0.1) is 0 Å². The van der Waals surface area contributed by atoms with Crippen LogP contribution >= 0.6 is 0 Å². The number of carbonyl (C=O) groups is 1. The average molecular weight is 289 g/mol. The Hall–Kier alpha value is -1.39. The van der Waals surface area contributed by atoms with Gasteiger partial charge in [-0.2, -0.15) is 0 Å². The molecule has 0 aliphatic carbocycles. The van der Waals surface area contributed by atoms with Gasteiger partial charge in [0.1, 0.15) is 0 Å². The highest BCUT2D eigenvalue weighted by Gasteiger charge is 2.27. The Bertz CT molecular complexity index is 439. The fraction of sp³-hybridized carbons (Fsp3) is 0.588. The third kappa shape index (κ3) is 4.29. The molecular weight excluding hydrogens is 262 g/mol. The van der Waals surface area contributed by atoms with E-state index in [4.69, 9.17) is 5.73 Å².